The molecule has 2 aromatic carbocycles. The molecule has 0 aliphatic heterocycles. The summed E-state index contributed by atoms with van der Waals surface area (Å²) >= 11 is 0. The monoisotopic (exact) mass is 602 g/mol. The zero-order valence-electron chi connectivity index (χ0n) is 25.1. The van der Waals surface area contributed by atoms with Crippen LogP contribution in [0, 0.1) is 0 Å². The molecule has 0 N–H and O–H groups in total. The smallest absolute Gasteiger partial charge is 0.344 e. The Morgan fingerprint density at radius 1 is 0.727 bits per heavy atom. The van der Waals surface area contributed by atoms with Crippen molar-refractivity contribution < 1.29 is 33.0 Å². The van der Waals surface area contributed by atoms with E-state index in [4.69, 9.17) is 18.6 Å². The van der Waals surface area contributed by atoms with E-state index in [2.05, 4.69) is 19.7 Å². The fourth-order valence-electron chi connectivity index (χ4n) is 4.23. The van der Waals surface area contributed by atoms with E-state index in [0.29, 0.717) is 65.9 Å². The number of hydrogen-bond acceptors (Lipinski definition) is 8. The van der Waals surface area contributed by atoms with Crippen molar-refractivity contribution in [2.24, 2.45) is 0 Å². The molecule has 0 aliphatic carbocycles. The molecule has 8 heteroatoms. The van der Waals surface area contributed by atoms with E-state index in [-0.39, 0.29) is 19.6 Å². The second-order valence-electron chi connectivity index (χ2n) is 10.6. The van der Waals surface area contributed by atoms with E-state index in [1.54, 1.807) is 45.0 Å². The van der Waals surface area contributed by atoms with Gasteiger partial charge in [-0.05, 0) is 100 Å². The van der Waals surface area contributed by atoms with Gasteiger partial charge in [-0.3, -0.25) is 0 Å². The standard InChI is InChI=1S/C35H38O8.CH4/c1-22(2)32(36)40-17-9-7-11-25-19-27(12-8-10-18-41-33(37)23(3)4)31-28(20-25)21-30(35(39)43-31)26-13-15-29(16-14-26)42-34(38)24(5)6;/h13-16,19-21H,1,3,5,7-12,17-18H2,2,4,6H3;1H4. The molecule has 0 aliphatic rings. The molecule has 1 heterocycles. The molecule has 0 saturated carbocycles. The summed E-state index contributed by atoms with van der Waals surface area (Å²) in [4.78, 5) is 48.2. The first-order valence-corrected chi connectivity index (χ1v) is 14.2. The molecule has 0 spiro atoms. The molecule has 0 unspecified atom stereocenters. The molecule has 0 radical (unpaired) electrons. The number of hydrogen-bond donors (Lipinski definition) is 0. The van der Waals surface area contributed by atoms with Gasteiger partial charge in [-0.25, -0.2) is 19.2 Å². The molecule has 0 amide bonds. The molecule has 8 nitrogen and oxygen atoms in total. The van der Waals surface area contributed by atoms with Gasteiger partial charge in [-0.1, -0.05) is 45.4 Å². The van der Waals surface area contributed by atoms with Crippen molar-refractivity contribution in [1.82, 2.24) is 0 Å². The highest BCUT2D eigenvalue weighted by molar-refractivity contribution is 5.89. The fraction of sp³-hybridized carbons (Fsp3) is 0.333. The predicted octanol–water partition coefficient (Wildman–Crippen LogP) is 7.46. The maximum atomic E-state index is 13.1. The van der Waals surface area contributed by atoms with Gasteiger partial charge in [0.15, 0.2) is 0 Å². The maximum absolute atomic E-state index is 13.1. The van der Waals surface area contributed by atoms with Gasteiger partial charge in [0.25, 0.3) is 0 Å². The molecule has 3 aromatic rings. The third kappa shape index (κ3) is 10.2. The highest BCUT2D eigenvalue weighted by Gasteiger charge is 2.14. The maximum Gasteiger partial charge on any atom is 0.344 e. The predicted molar refractivity (Wildman–Crippen MR) is 173 cm³/mol. The lowest BCUT2D eigenvalue weighted by Crippen LogP contribution is -2.08. The molecular formula is C36H42O8. The Morgan fingerprint density at radius 3 is 1.82 bits per heavy atom. The van der Waals surface area contributed by atoms with Crippen LogP contribution >= 0.6 is 0 Å². The Bertz CT molecular complexity index is 1590. The zero-order valence-corrected chi connectivity index (χ0v) is 25.1. The van der Waals surface area contributed by atoms with Crippen LogP contribution in [0.5, 0.6) is 5.75 Å². The second-order valence-corrected chi connectivity index (χ2v) is 10.6. The van der Waals surface area contributed by atoms with Crippen LogP contribution in [-0.4, -0.2) is 31.1 Å². The highest BCUT2D eigenvalue weighted by Crippen LogP contribution is 2.28. The lowest BCUT2D eigenvalue weighted by molar-refractivity contribution is -0.139. The number of carbonyl (C=O) groups is 3. The van der Waals surface area contributed by atoms with E-state index in [1.807, 2.05) is 18.2 Å². The van der Waals surface area contributed by atoms with E-state index in [9.17, 15) is 19.2 Å². The normalized spacial score (nSPS) is 10.4. The summed E-state index contributed by atoms with van der Waals surface area (Å²) in [6, 6.07) is 12.5. The lowest BCUT2D eigenvalue weighted by Gasteiger charge is -2.12. The quantitative estimate of drug-likeness (QED) is 0.0580. The number of unbranched alkanes of at least 4 members (excludes halogenated alkanes) is 2. The first-order valence-electron chi connectivity index (χ1n) is 14.2. The summed E-state index contributed by atoms with van der Waals surface area (Å²) in [7, 11) is 0. The Hall–Kier alpha value is -4.72. The number of rotatable bonds is 15. The summed E-state index contributed by atoms with van der Waals surface area (Å²) in [5, 5.41) is 0.780. The number of aryl methyl sites for hydroxylation is 2. The van der Waals surface area contributed by atoms with E-state index >= 15 is 0 Å². The van der Waals surface area contributed by atoms with E-state index in [1.165, 1.54) is 0 Å². The first-order chi connectivity index (χ1) is 20.5. The van der Waals surface area contributed by atoms with Crippen molar-refractivity contribution in [3.05, 3.63) is 100 Å². The summed E-state index contributed by atoms with van der Waals surface area (Å²) < 4.78 is 21.5. The van der Waals surface area contributed by atoms with Crippen molar-refractivity contribution in [3.8, 4) is 16.9 Å². The molecule has 44 heavy (non-hydrogen) atoms. The van der Waals surface area contributed by atoms with E-state index in [0.717, 1.165) is 29.4 Å². The molecule has 1 aromatic heterocycles. The largest absolute Gasteiger partial charge is 0.462 e. The SMILES string of the molecule is C.C=C(C)C(=O)OCCCCc1cc(CCCCOC(=O)C(=C)C)c2oc(=O)c(-c3ccc(OC(=O)C(=C)C)cc3)cc2c1. The van der Waals surface area contributed by atoms with Crippen LogP contribution in [0.25, 0.3) is 22.1 Å². The number of benzene rings is 2. The minimum absolute atomic E-state index is 0. The van der Waals surface area contributed by atoms with Crippen LogP contribution in [0.15, 0.2) is 88.1 Å². The Kier molecular flexibility index (Phi) is 13.5. The first kappa shape index (κ1) is 35.5. The Morgan fingerprint density at radius 2 is 1.27 bits per heavy atom. The van der Waals surface area contributed by atoms with Gasteiger partial charge in [0.2, 0.25) is 0 Å². The molecule has 0 saturated heterocycles. The molecule has 0 bridgehead atoms. The van der Waals surface area contributed by atoms with Crippen molar-refractivity contribution in [2.45, 2.75) is 66.7 Å². The summed E-state index contributed by atoms with van der Waals surface area (Å²) in [5.74, 6) is -0.997. The summed E-state index contributed by atoms with van der Waals surface area (Å²) in [6.07, 6.45) is 4.20. The average molecular weight is 603 g/mol. The number of fused-ring (bicyclic) bond motifs is 1. The minimum atomic E-state index is -0.527. The van der Waals surface area contributed by atoms with Gasteiger partial charge in [0, 0.05) is 22.1 Å². The topological polar surface area (TPSA) is 109 Å². The molecule has 0 atom stereocenters. The molecule has 234 valence electrons. The molecule has 3 rings (SSSR count). The van der Waals surface area contributed by atoms with Crippen molar-refractivity contribution in [1.29, 1.82) is 0 Å². The number of esters is 3. The van der Waals surface area contributed by atoms with Crippen LogP contribution < -0.4 is 10.4 Å². The van der Waals surface area contributed by atoms with Crippen LogP contribution in [0.3, 0.4) is 0 Å². The van der Waals surface area contributed by atoms with Crippen LogP contribution in [0.1, 0.15) is 65.0 Å². The van der Waals surface area contributed by atoms with Gasteiger partial charge in [0.1, 0.15) is 11.3 Å². The van der Waals surface area contributed by atoms with Crippen molar-refractivity contribution in [2.75, 3.05) is 13.2 Å². The Balaban J connectivity index is 0.00000675. The van der Waals surface area contributed by atoms with Gasteiger partial charge in [-0.2, -0.15) is 0 Å². The van der Waals surface area contributed by atoms with Crippen molar-refractivity contribution in [3.63, 3.8) is 0 Å². The average Bonchev–Trinajstić information content (AvgIpc) is 2.96. The zero-order chi connectivity index (χ0) is 31.5. The van der Waals surface area contributed by atoms with Gasteiger partial charge in [-0.15, -0.1) is 0 Å². The minimum Gasteiger partial charge on any atom is -0.462 e. The van der Waals surface area contributed by atoms with Gasteiger partial charge in [0.05, 0.1) is 18.8 Å². The van der Waals surface area contributed by atoms with Gasteiger partial charge >= 0.3 is 23.5 Å². The summed E-state index contributed by atoms with van der Waals surface area (Å²) in [6.45, 7) is 16.1. The Labute approximate surface area is 259 Å². The van der Waals surface area contributed by atoms with Crippen molar-refractivity contribution >= 4 is 28.9 Å². The third-order valence-corrected chi connectivity index (χ3v) is 6.56. The summed E-state index contributed by atoms with van der Waals surface area (Å²) in [5.41, 5.74) is 3.99. The third-order valence-electron chi connectivity index (χ3n) is 6.56. The fourth-order valence-corrected chi connectivity index (χ4v) is 4.23. The van der Waals surface area contributed by atoms with Crippen LogP contribution in [0.2, 0.25) is 0 Å². The molecular weight excluding hydrogens is 560 g/mol. The van der Waals surface area contributed by atoms with Crippen LogP contribution in [-0.2, 0) is 36.7 Å². The van der Waals surface area contributed by atoms with E-state index < -0.39 is 23.5 Å². The number of carbonyl (C=O) groups excluding carboxylic acids is 3. The lowest BCUT2D eigenvalue weighted by atomic mass is 9.97. The van der Waals surface area contributed by atoms with Crippen LogP contribution in [0.4, 0.5) is 0 Å². The second kappa shape index (κ2) is 16.8. The highest BCUT2D eigenvalue weighted by atomic mass is 16.5. The number of ether oxygens (including phenoxy) is 3. The molecule has 0 fully saturated rings. The van der Waals surface area contributed by atoms with Gasteiger partial charge < -0.3 is 18.6 Å².